The Morgan fingerprint density at radius 3 is 2.56 bits per heavy atom. The second-order valence-corrected chi connectivity index (χ2v) is 6.58. The Hall–Kier alpha value is -0.300. The molecule has 0 spiro atoms. The zero-order valence-electron chi connectivity index (χ0n) is 13.0. The summed E-state index contributed by atoms with van der Waals surface area (Å²) in [6.45, 7) is 15.9. The lowest BCUT2D eigenvalue weighted by Crippen LogP contribution is -2.33. The van der Waals surface area contributed by atoms with E-state index in [0.29, 0.717) is 0 Å². The molecular weight excluding hydrogens is 218 g/mol. The maximum atomic E-state index is 4.02. The van der Waals surface area contributed by atoms with Crippen molar-refractivity contribution < 1.29 is 0 Å². The molecule has 18 heavy (non-hydrogen) atoms. The number of likely N-dealkylation sites (tertiary alicyclic amines) is 1. The maximum absolute atomic E-state index is 4.02. The first-order valence-corrected chi connectivity index (χ1v) is 7.93. The van der Waals surface area contributed by atoms with E-state index in [4.69, 9.17) is 0 Å². The summed E-state index contributed by atoms with van der Waals surface area (Å²) in [6.07, 6.45) is 8.01. The van der Waals surface area contributed by atoms with Gasteiger partial charge >= 0.3 is 0 Å². The van der Waals surface area contributed by atoms with Crippen LogP contribution < -0.4 is 0 Å². The van der Waals surface area contributed by atoms with Crippen LogP contribution in [-0.4, -0.2) is 24.0 Å². The van der Waals surface area contributed by atoms with Crippen LogP contribution in [0.15, 0.2) is 12.2 Å². The topological polar surface area (TPSA) is 3.24 Å². The second kappa shape index (κ2) is 7.99. The van der Waals surface area contributed by atoms with Gasteiger partial charge in [-0.3, -0.25) is 0 Å². The molecule has 0 amide bonds. The summed E-state index contributed by atoms with van der Waals surface area (Å²) in [5.74, 6) is 1.79. The predicted octanol–water partition coefficient (Wildman–Crippen LogP) is 4.88. The normalized spacial score (nSPS) is 22.6. The Bertz CT molecular complexity index is 244. The van der Waals surface area contributed by atoms with Crippen LogP contribution in [0.4, 0.5) is 0 Å². The van der Waals surface area contributed by atoms with E-state index in [-0.39, 0.29) is 0 Å². The fourth-order valence-corrected chi connectivity index (χ4v) is 3.17. The van der Waals surface area contributed by atoms with Crippen LogP contribution in [0, 0.1) is 11.8 Å². The van der Waals surface area contributed by atoms with E-state index in [1.807, 2.05) is 0 Å². The molecule has 0 aromatic carbocycles. The van der Waals surface area contributed by atoms with Gasteiger partial charge in [-0.2, -0.15) is 0 Å². The Morgan fingerprint density at radius 2 is 2.06 bits per heavy atom. The molecule has 1 nitrogen and oxygen atoms in total. The number of hydrogen-bond acceptors (Lipinski definition) is 1. The molecule has 1 heteroatoms. The quantitative estimate of drug-likeness (QED) is 0.556. The highest BCUT2D eigenvalue weighted by atomic mass is 15.2. The number of allylic oxidation sites excluding steroid dienone is 1. The molecule has 0 aliphatic carbocycles. The first-order valence-electron chi connectivity index (χ1n) is 7.93. The highest BCUT2D eigenvalue weighted by Crippen LogP contribution is 2.28. The smallest absolute Gasteiger partial charge is 0.00953 e. The number of nitrogens with zero attached hydrogens (tertiary/aromatic N) is 1. The van der Waals surface area contributed by atoms with Crippen molar-refractivity contribution >= 4 is 0 Å². The van der Waals surface area contributed by atoms with E-state index in [1.54, 1.807) is 0 Å². The van der Waals surface area contributed by atoms with Gasteiger partial charge in [0.25, 0.3) is 0 Å². The van der Waals surface area contributed by atoms with E-state index in [2.05, 4.69) is 39.2 Å². The van der Waals surface area contributed by atoms with Gasteiger partial charge in [0.15, 0.2) is 0 Å². The molecule has 1 saturated heterocycles. The van der Waals surface area contributed by atoms with Gasteiger partial charge in [0.2, 0.25) is 0 Å². The fourth-order valence-electron chi connectivity index (χ4n) is 3.17. The minimum Gasteiger partial charge on any atom is -0.300 e. The molecule has 0 bridgehead atoms. The number of rotatable bonds is 8. The van der Waals surface area contributed by atoms with Crippen LogP contribution in [0.25, 0.3) is 0 Å². The second-order valence-electron chi connectivity index (χ2n) is 6.58. The lowest BCUT2D eigenvalue weighted by molar-refractivity contribution is 0.200. The Morgan fingerprint density at radius 1 is 1.33 bits per heavy atom. The van der Waals surface area contributed by atoms with Crippen molar-refractivity contribution in [3.63, 3.8) is 0 Å². The van der Waals surface area contributed by atoms with Crippen molar-refractivity contribution in [1.82, 2.24) is 4.90 Å². The third kappa shape index (κ3) is 5.14. The van der Waals surface area contributed by atoms with Gasteiger partial charge in [0.05, 0.1) is 0 Å². The molecule has 1 aliphatic rings. The van der Waals surface area contributed by atoms with E-state index < -0.39 is 0 Å². The van der Waals surface area contributed by atoms with Gasteiger partial charge in [-0.05, 0) is 57.4 Å². The predicted molar refractivity (Wildman–Crippen MR) is 81.9 cm³/mol. The van der Waals surface area contributed by atoms with Gasteiger partial charge in [-0.25, -0.2) is 0 Å². The average Bonchev–Trinajstić information content (AvgIpc) is 2.76. The van der Waals surface area contributed by atoms with Crippen molar-refractivity contribution in [1.29, 1.82) is 0 Å². The standard InChI is InChI=1S/C17H33N/c1-6-8-17(10-7-9-14(2)3)18-12-11-16(13-18)15(4)5/h15-17H,2,6-13H2,1,3-5H3. The highest BCUT2D eigenvalue weighted by molar-refractivity contribution is 4.89. The fraction of sp³-hybridized carbons (Fsp3) is 0.882. The molecule has 0 N–H and O–H groups in total. The van der Waals surface area contributed by atoms with Gasteiger partial charge in [-0.1, -0.05) is 32.8 Å². The monoisotopic (exact) mass is 251 g/mol. The molecule has 106 valence electrons. The summed E-state index contributed by atoms with van der Waals surface area (Å²) >= 11 is 0. The minimum atomic E-state index is 0.832. The molecule has 1 rings (SSSR count). The van der Waals surface area contributed by atoms with E-state index in [0.717, 1.165) is 17.9 Å². The summed E-state index contributed by atoms with van der Waals surface area (Å²) in [5, 5.41) is 0. The lowest BCUT2D eigenvalue weighted by Gasteiger charge is -2.28. The molecule has 0 radical (unpaired) electrons. The molecule has 1 aliphatic heterocycles. The average molecular weight is 251 g/mol. The molecule has 0 aromatic rings. The van der Waals surface area contributed by atoms with Crippen molar-refractivity contribution in [3.8, 4) is 0 Å². The summed E-state index contributed by atoms with van der Waals surface area (Å²) in [6, 6.07) is 0.832. The summed E-state index contributed by atoms with van der Waals surface area (Å²) in [4.78, 5) is 2.77. The van der Waals surface area contributed by atoms with Gasteiger partial charge < -0.3 is 4.90 Å². The SMILES string of the molecule is C=C(C)CCCC(CCC)N1CCC(C(C)C)C1. The Labute approximate surface area is 115 Å². The van der Waals surface area contributed by atoms with Crippen LogP contribution in [0.1, 0.15) is 66.2 Å². The van der Waals surface area contributed by atoms with E-state index >= 15 is 0 Å². The minimum absolute atomic E-state index is 0.832. The highest BCUT2D eigenvalue weighted by Gasteiger charge is 2.28. The molecule has 2 unspecified atom stereocenters. The summed E-state index contributed by atoms with van der Waals surface area (Å²) in [5.41, 5.74) is 1.34. The van der Waals surface area contributed by atoms with Gasteiger partial charge in [-0.15, -0.1) is 6.58 Å². The lowest BCUT2D eigenvalue weighted by atomic mass is 9.95. The first kappa shape index (κ1) is 15.8. The van der Waals surface area contributed by atoms with Crippen molar-refractivity contribution in [2.45, 2.75) is 72.3 Å². The third-order valence-corrected chi connectivity index (χ3v) is 4.48. The molecule has 1 fully saturated rings. The summed E-state index contributed by atoms with van der Waals surface area (Å²) < 4.78 is 0. The summed E-state index contributed by atoms with van der Waals surface area (Å²) in [7, 11) is 0. The molecule has 1 heterocycles. The van der Waals surface area contributed by atoms with Crippen LogP contribution >= 0.6 is 0 Å². The Balaban J connectivity index is 2.39. The number of hydrogen-bond donors (Lipinski definition) is 0. The first-order chi connectivity index (χ1) is 8.54. The van der Waals surface area contributed by atoms with E-state index in [9.17, 15) is 0 Å². The van der Waals surface area contributed by atoms with Crippen LogP contribution in [0.2, 0.25) is 0 Å². The molecular formula is C17H33N. The largest absolute Gasteiger partial charge is 0.300 e. The van der Waals surface area contributed by atoms with Crippen molar-refractivity contribution in [2.24, 2.45) is 11.8 Å². The van der Waals surface area contributed by atoms with Crippen LogP contribution in [-0.2, 0) is 0 Å². The maximum Gasteiger partial charge on any atom is 0.00953 e. The third-order valence-electron chi connectivity index (χ3n) is 4.48. The van der Waals surface area contributed by atoms with Crippen molar-refractivity contribution in [2.75, 3.05) is 13.1 Å². The molecule has 0 saturated carbocycles. The van der Waals surface area contributed by atoms with E-state index in [1.165, 1.54) is 57.2 Å². The zero-order valence-corrected chi connectivity index (χ0v) is 13.0. The Kier molecular flexibility index (Phi) is 6.99. The molecule has 2 atom stereocenters. The van der Waals surface area contributed by atoms with Gasteiger partial charge in [0, 0.05) is 12.6 Å². The zero-order chi connectivity index (χ0) is 13.5. The molecule has 0 aromatic heterocycles. The van der Waals surface area contributed by atoms with Crippen LogP contribution in [0.5, 0.6) is 0 Å². The van der Waals surface area contributed by atoms with Crippen molar-refractivity contribution in [3.05, 3.63) is 12.2 Å². The van der Waals surface area contributed by atoms with Crippen LogP contribution in [0.3, 0.4) is 0 Å². The van der Waals surface area contributed by atoms with Gasteiger partial charge in [0.1, 0.15) is 0 Å².